The third kappa shape index (κ3) is 3.89. The van der Waals surface area contributed by atoms with Gasteiger partial charge in [0.15, 0.2) is 6.10 Å². The SMILES string of the molecule is COc1cccc(OC(C)C(=O)N2CCCCCC2)c1. The van der Waals surface area contributed by atoms with Gasteiger partial charge in [-0.15, -0.1) is 0 Å². The molecule has 1 heterocycles. The van der Waals surface area contributed by atoms with Gasteiger partial charge < -0.3 is 14.4 Å². The predicted octanol–water partition coefficient (Wildman–Crippen LogP) is 2.87. The monoisotopic (exact) mass is 277 g/mol. The molecule has 0 bridgehead atoms. The molecule has 1 amide bonds. The van der Waals surface area contributed by atoms with E-state index in [1.54, 1.807) is 13.2 Å². The number of benzene rings is 1. The summed E-state index contributed by atoms with van der Waals surface area (Å²) >= 11 is 0. The van der Waals surface area contributed by atoms with Gasteiger partial charge in [-0.05, 0) is 31.9 Å². The Morgan fingerprint density at radius 3 is 2.45 bits per heavy atom. The van der Waals surface area contributed by atoms with Gasteiger partial charge in [-0.1, -0.05) is 18.9 Å². The maximum absolute atomic E-state index is 12.4. The number of amides is 1. The van der Waals surface area contributed by atoms with Gasteiger partial charge in [0, 0.05) is 19.2 Å². The molecule has 1 saturated heterocycles. The van der Waals surface area contributed by atoms with Crippen LogP contribution < -0.4 is 9.47 Å². The lowest BCUT2D eigenvalue weighted by Gasteiger charge is -2.24. The van der Waals surface area contributed by atoms with Crippen molar-refractivity contribution in [3.63, 3.8) is 0 Å². The third-order valence-corrected chi connectivity index (χ3v) is 3.62. The maximum Gasteiger partial charge on any atom is 0.263 e. The smallest absolute Gasteiger partial charge is 0.263 e. The Bertz CT molecular complexity index is 439. The number of hydrogen-bond acceptors (Lipinski definition) is 3. The van der Waals surface area contributed by atoms with Crippen LogP contribution in [0.5, 0.6) is 11.5 Å². The summed E-state index contributed by atoms with van der Waals surface area (Å²) < 4.78 is 10.9. The molecule has 4 heteroatoms. The fraction of sp³-hybridized carbons (Fsp3) is 0.562. The molecule has 1 aromatic rings. The summed E-state index contributed by atoms with van der Waals surface area (Å²) in [4.78, 5) is 14.3. The van der Waals surface area contributed by atoms with Crippen LogP contribution in [0.25, 0.3) is 0 Å². The summed E-state index contributed by atoms with van der Waals surface area (Å²) in [5, 5.41) is 0. The summed E-state index contributed by atoms with van der Waals surface area (Å²) in [6, 6.07) is 7.35. The zero-order valence-corrected chi connectivity index (χ0v) is 12.3. The largest absolute Gasteiger partial charge is 0.497 e. The predicted molar refractivity (Wildman–Crippen MR) is 78.1 cm³/mol. The van der Waals surface area contributed by atoms with Crippen LogP contribution in [0.1, 0.15) is 32.6 Å². The highest BCUT2D eigenvalue weighted by molar-refractivity contribution is 5.80. The van der Waals surface area contributed by atoms with Crippen LogP contribution in [-0.2, 0) is 4.79 Å². The van der Waals surface area contributed by atoms with Gasteiger partial charge in [0.1, 0.15) is 11.5 Å². The Balaban J connectivity index is 1.95. The lowest BCUT2D eigenvalue weighted by molar-refractivity contribution is -0.137. The van der Waals surface area contributed by atoms with Crippen LogP contribution in [0.15, 0.2) is 24.3 Å². The van der Waals surface area contributed by atoms with E-state index in [1.807, 2.05) is 30.0 Å². The molecule has 1 aliphatic heterocycles. The van der Waals surface area contributed by atoms with Crippen molar-refractivity contribution >= 4 is 5.91 Å². The highest BCUT2D eigenvalue weighted by Gasteiger charge is 2.22. The Morgan fingerprint density at radius 1 is 1.15 bits per heavy atom. The van der Waals surface area contributed by atoms with E-state index in [1.165, 1.54) is 12.8 Å². The molecule has 0 saturated carbocycles. The van der Waals surface area contributed by atoms with E-state index in [4.69, 9.17) is 9.47 Å². The van der Waals surface area contributed by atoms with E-state index >= 15 is 0 Å². The van der Waals surface area contributed by atoms with Crippen LogP contribution in [0.2, 0.25) is 0 Å². The minimum absolute atomic E-state index is 0.0784. The number of nitrogens with zero attached hydrogens (tertiary/aromatic N) is 1. The standard InChI is InChI=1S/C16H23NO3/c1-13(16(18)17-10-5-3-4-6-11-17)20-15-9-7-8-14(12-15)19-2/h7-9,12-13H,3-6,10-11H2,1-2H3. The van der Waals surface area contributed by atoms with Gasteiger partial charge >= 0.3 is 0 Å². The van der Waals surface area contributed by atoms with Gasteiger partial charge in [0.05, 0.1) is 7.11 Å². The van der Waals surface area contributed by atoms with Crippen LogP contribution >= 0.6 is 0 Å². The van der Waals surface area contributed by atoms with Gasteiger partial charge in [0.2, 0.25) is 0 Å². The molecule has 0 aliphatic carbocycles. The first-order valence-corrected chi connectivity index (χ1v) is 7.30. The van der Waals surface area contributed by atoms with E-state index in [-0.39, 0.29) is 5.91 Å². The summed E-state index contributed by atoms with van der Waals surface area (Å²) in [5.74, 6) is 1.48. The van der Waals surface area contributed by atoms with Crippen LogP contribution in [-0.4, -0.2) is 37.1 Å². The van der Waals surface area contributed by atoms with Gasteiger partial charge in [-0.25, -0.2) is 0 Å². The Morgan fingerprint density at radius 2 is 1.80 bits per heavy atom. The molecule has 4 nitrogen and oxygen atoms in total. The van der Waals surface area contributed by atoms with E-state index in [2.05, 4.69) is 0 Å². The minimum atomic E-state index is -0.458. The number of carbonyl (C=O) groups excluding carboxylic acids is 1. The quantitative estimate of drug-likeness (QED) is 0.849. The molecule has 1 atom stereocenters. The van der Waals surface area contributed by atoms with E-state index < -0.39 is 6.10 Å². The fourth-order valence-corrected chi connectivity index (χ4v) is 2.48. The molecular weight excluding hydrogens is 254 g/mol. The van der Waals surface area contributed by atoms with Gasteiger partial charge in [-0.3, -0.25) is 4.79 Å². The van der Waals surface area contributed by atoms with E-state index in [0.717, 1.165) is 31.7 Å². The molecule has 110 valence electrons. The first kappa shape index (κ1) is 14.7. The van der Waals surface area contributed by atoms with Gasteiger partial charge in [-0.2, -0.15) is 0 Å². The molecule has 0 aromatic heterocycles. The van der Waals surface area contributed by atoms with Crippen LogP contribution in [0, 0.1) is 0 Å². The summed E-state index contributed by atoms with van der Waals surface area (Å²) in [5.41, 5.74) is 0. The van der Waals surface area contributed by atoms with Crippen molar-refractivity contribution in [3.8, 4) is 11.5 Å². The molecular formula is C16H23NO3. The molecule has 1 unspecified atom stereocenters. The van der Waals surface area contributed by atoms with E-state index in [9.17, 15) is 4.79 Å². The summed E-state index contributed by atoms with van der Waals surface area (Å²) in [6.45, 7) is 3.52. The van der Waals surface area contributed by atoms with E-state index in [0.29, 0.717) is 5.75 Å². The molecule has 1 aromatic carbocycles. The average Bonchev–Trinajstić information content (AvgIpc) is 2.75. The Hall–Kier alpha value is -1.71. The van der Waals surface area contributed by atoms with Crippen LogP contribution in [0.3, 0.4) is 0 Å². The second-order valence-electron chi connectivity index (χ2n) is 5.18. The van der Waals surface area contributed by atoms with Crippen molar-refractivity contribution in [3.05, 3.63) is 24.3 Å². The lowest BCUT2D eigenvalue weighted by atomic mass is 10.2. The molecule has 20 heavy (non-hydrogen) atoms. The third-order valence-electron chi connectivity index (χ3n) is 3.62. The van der Waals surface area contributed by atoms with Crippen molar-refractivity contribution < 1.29 is 14.3 Å². The number of likely N-dealkylation sites (tertiary alicyclic amines) is 1. The molecule has 2 rings (SSSR count). The topological polar surface area (TPSA) is 38.8 Å². The summed E-state index contributed by atoms with van der Waals surface area (Å²) in [6.07, 6.45) is 4.17. The summed E-state index contributed by atoms with van der Waals surface area (Å²) in [7, 11) is 1.62. The molecule has 1 aliphatic rings. The van der Waals surface area contributed by atoms with Crippen molar-refractivity contribution in [1.82, 2.24) is 4.90 Å². The van der Waals surface area contributed by atoms with Crippen molar-refractivity contribution in [2.45, 2.75) is 38.7 Å². The minimum Gasteiger partial charge on any atom is -0.497 e. The number of rotatable bonds is 4. The second kappa shape index (κ2) is 7.17. The normalized spacial score (nSPS) is 17.2. The average molecular weight is 277 g/mol. The van der Waals surface area contributed by atoms with Crippen molar-refractivity contribution in [2.75, 3.05) is 20.2 Å². The highest BCUT2D eigenvalue weighted by Crippen LogP contribution is 2.21. The number of hydrogen-bond donors (Lipinski definition) is 0. The maximum atomic E-state index is 12.4. The molecule has 1 fully saturated rings. The Kier molecular flexibility index (Phi) is 5.27. The van der Waals surface area contributed by atoms with Crippen molar-refractivity contribution in [1.29, 1.82) is 0 Å². The number of ether oxygens (including phenoxy) is 2. The molecule has 0 radical (unpaired) electrons. The van der Waals surface area contributed by atoms with Crippen LogP contribution in [0.4, 0.5) is 0 Å². The molecule has 0 N–H and O–H groups in total. The first-order valence-electron chi connectivity index (χ1n) is 7.30. The first-order chi connectivity index (χ1) is 9.70. The zero-order valence-electron chi connectivity index (χ0n) is 12.3. The zero-order chi connectivity index (χ0) is 14.4. The highest BCUT2D eigenvalue weighted by atomic mass is 16.5. The van der Waals surface area contributed by atoms with Gasteiger partial charge in [0.25, 0.3) is 5.91 Å². The fourth-order valence-electron chi connectivity index (χ4n) is 2.48. The molecule has 0 spiro atoms. The Labute approximate surface area is 120 Å². The lowest BCUT2D eigenvalue weighted by Crippen LogP contribution is -2.40. The van der Waals surface area contributed by atoms with Crippen molar-refractivity contribution in [2.24, 2.45) is 0 Å². The number of carbonyl (C=O) groups is 1. The number of methoxy groups -OCH3 is 1. The second-order valence-corrected chi connectivity index (χ2v) is 5.18.